The highest BCUT2D eigenvalue weighted by molar-refractivity contribution is 6.03. The highest BCUT2D eigenvalue weighted by atomic mass is 16.5. The van der Waals surface area contributed by atoms with E-state index >= 15 is 0 Å². The van der Waals surface area contributed by atoms with Gasteiger partial charge < -0.3 is 20.4 Å². The molecule has 0 bridgehead atoms. The lowest BCUT2D eigenvalue weighted by atomic mass is 10.1. The second-order valence-electron chi connectivity index (χ2n) is 6.44. The van der Waals surface area contributed by atoms with E-state index in [1.165, 1.54) is 7.11 Å². The summed E-state index contributed by atoms with van der Waals surface area (Å²) >= 11 is 0. The van der Waals surface area contributed by atoms with E-state index in [9.17, 15) is 4.79 Å². The Morgan fingerprint density at radius 1 is 1.18 bits per heavy atom. The molecule has 2 aromatic carbocycles. The summed E-state index contributed by atoms with van der Waals surface area (Å²) in [6.45, 7) is 2.03. The average molecular weight is 373 g/mol. The predicted molar refractivity (Wildman–Crippen MR) is 108 cm³/mol. The summed E-state index contributed by atoms with van der Waals surface area (Å²) in [7, 11) is 1.50. The van der Waals surface area contributed by atoms with Crippen molar-refractivity contribution in [3.63, 3.8) is 0 Å². The van der Waals surface area contributed by atoms with E-state index in [0.717, 1.165) is 28.0 Å². The van der Waals surface area contributed by atoms with Crippen LogP contribution in [-0.4, -0.2) is 27.6 Å². The van der Waals surface area contributed by atoms with E-state index in [1.807, 2.05) is 35.9 Å². The molecule has 4 aromatic rings. The quantitative estimate of drug-likeness (QED) is 0.557. The van der Waals surface area contributed by atoms with Crippen molar-refractivity contribution in [3.8, 4) is 11.4 Å². The number of nitrogens with one attached hydrogen (secondary N) is 1. The number of methoxy groups -OCH3 is 1. The number of carbonyl (C=O) groups is 1. The van der Waals surface area contributed by atoms with E-state index in [1.54, 1.807) is 30.9 Å². The predicted octanol–water partition coefficient (Wildman–Crippen LogP) is 3.58. The minimum absolute atomic E-state index is 0.314. The number of nitrogens with zero attached hydrogens (tertiary/aromatic N) is 3. The first-order chi connectivity index (χ1) is 13.5. The van der Waals surface area contributed by atoms with E-state index < -0.39 is 5.91 Å². The van der Waals surface area contributed by atoms with Crippen molar-refractivity contribution in [1.29, 1.82) is 0 Å². The van der Waals surface area contributed by atoms with Crippen molar-refractivity contribution in [2.45, 2.75) is 6.92 Å². The molecule has 7 heteroatoms. The molecule has 140 valence electrons. The number of hydrogen-bond donors (Lipinski definition) is 2. The number of imidazole rings is 1. The number of primary amides is 1. The monoisotopic (exact) mass is 373 g/mol. The van der Waals surface area contributed by atoms with E-state index in [0.29, 0.717) is 16.8 Å². The number of nitrogens with two attached hydrogens (primary N) is 1. The van der Waals surface area contributed by atoms with Gasteiger partial charge in [0, 0.05) is 47.1 Å². The van der Waals surface area contributed by atoms with Gasteiger partial charge in [-0.1, -0.05) is 0 Å². The Labute approximate surface area is 161 Å². The zero-order chi connectivity index (χ0) is 19.7. The van der Waals surface area contributed by atoms with Crippen LogP contribution in [0.5, 0.6) is 5.75 Å². The minimum Gasteiger partial charge on any atom is -0.496 e. The zero-order valence-corrected chi connectivity index (χ0v) is 15.5. The first-order valence-corrected chi connectivity index (χ1v) is 8.69. The lowest BCUT2D eigenvalue weighted by Gasteiger charge is -2.14. The second kappa shape index (κ2) is 7.03. The molecular weight excluding hydrogens is 354 g/mol. The topological polar surface area (TPSA) is 95.1 Å². The number of benzene rings is 2. The van der Waals surface area contributed by atoms with Gasteiger partial charge >= 0.3 is 0 Å². The van der Waals surface area contributed by atoms with E-state index in [-0.39, 0.29) is 0 Å². The molecule has 0 spiro atoms. The van der Waals surface area contributed by atoms with Gasteiger partial charge in [-0.2, -0.15) is 0 Å². The minimum atomic E-state index is -0.550. The fourth-order valence-electron chi connectivity index (χ4n) is 3.20. The fraction of sp³-hybridized carbons (Fsp3) is 0.0952. The van der Waals surface area contributed by atoms with Crippen molar-refractivity contribution in [3.05, 3.63) is 72.4 Å². The molecule has 0 fully saturated rings. The van der Waals surface area contributed by atoms with Gasteiger partial charge in [0.2, 0.25) is 0 Å². The van der Waals surface area contributed by atoms with Gasteiger partial charge in [-0.05, 0) is 42.8 Å². The molecule has 2 aromatic heterocycles. The maximum absolute atomic E-state index is 11.8. The molecule has 0 aliphatic carbocycles. The third kappa shape index (κ3) is 3.25. The number of rotatable bonds is 5. The highest BCUT2D eigenvalue weighted by Gasteiger charge is 2.13. The molecule has 0 unspecified atom stereocenters. The van der Waals surface area contributed by atoms with Crippen LogP contribution in [0.4, 0.5) is 11.4 Å². The molecule has 0 saturated carbocycles. The summed E-state index contributed by atoms with van der Waals surface area (Å²) < 4.78 is 7.22. The molecule has 0 aliphatic heterocycles. The molecule has 28 heavy (non-hydrogen) atoms. The van der Waals surface area contributed by atoms with Gasteiger partial charge in [-0.15, -0.1) is 0 Å². The van der Waals surface area contributed by atoms with Crippen LogP contribution in [-0.2, 0) is 0 Å². The first-order valence-electron chi connectivity index (χ1n) is 8.69. The number of amides is 1. The van der Waals surface area contributed by atoms with Crippen LogP contribution in [0, 0.1) is 6.92 Å². The van der Waals surface area contributed by atoms with Crippen LogP contribution < -0.4 is 15.8 Å². The van der Waals surface area contributed by atoms with Crippen molar-refractivity contribution >= 4 is 28.2 Å². The normalized spacial score (nSPS) is 10.8. The van der Waals surface area contributed by atoms with Crippen LogP contribution >= 0.6 is 0 Å². The highest BCUT2D eigenvalue weighted by Crippen LogP contribution is 2.31. The van der Waals surface area contributed by atoms with Crippen LogP contribution in [0.15, 0.2) is 61.3 Å². The summed E-state index contributed by atoms with van der Waals surface area (Å²) in [5.41, 5.74) is 10.4. The van der Waals surface area contributed by atoms with Gasteiger partial charge in [0.1, 0.15) is 5.75 Å². The van der Waals surface area contributed by atoms with Gasteiger partial charge in [-0.3, -0.25) is 9.78 Å². The number of fused-ring (bicyclic) bond motifs is 1. The number of carbonyl (C=O) groups excluding carboxylic acids is 1. The number of anilines is 2. The Balaban J connectivity index is 1.80. The largest absolute Gasteiger partial charge is 0.496 e. The smallest absolute Gasteiger partial charge is 0.252 e. The average Bonchev–Trinajstić information content (AvgIpc) is 3.21. The summed E-state index contributed by atoms with van der Waals surface area (Å²) in [6.07, 6.45) is 7.10. The molecule has 2 heterocycles. The molecule has 0 atom stereocenters. The Morgan fingerprint density at radius 2 is 2.04 bits per heavy atom. The Bertz CT molecular complexity index is 1170. The third-order valence-electron chi connectivity index (χ3n) is 4.47. The summed E-state index contributed by atoms with van der Waals surface area (Å²) in [5, 5.41) is 4.21. The molecule has 3 N–H and O–H groups in total. The summed E-state index contributed by atoms with van der Waals surface area (Å²) in [4.78, 5) is 20.3. The molecule has 0 radical (unpaired) electrons. The third-order valence-corrected chi connectivity index (χ3v) is 4.47. The second-order valence-corrected chi connectivity index (χ2v) is 6.44. The maximum atomic E-state index is 11.8. The Hall–Kier alpha value is -3.87. The van der Waals surface area contributed by atoms with E-state index in [4.69, 9.17) is 10.5 Å². The van der Waals surface area contributed by atoms with Crippen molar-refractivity contribution < 1.29 is 9.53 Å². The maximum Gasteiger partial charge on any atom is 0.252 e. The van der Waals surface area contributed by atoms with Crippen LogP contribution in [0.25, 0.3) is 16.6 Å². The Morgan fingerprint density at radius 3 is 2.75 bits per heavy atom. The number of hydrogen-bond acceptors (Lipinski definition) is 5. The summed E-state index contributed by atoms with van der Waals surface area (Å²) in [5.74, 6) is -0.144. The van der Waals surface area contributed by atoms with Gasteiger partial charge in [0.05, 0.1) is 24.5 Å². The van der Waals surface area contributed by atoms with E-state index in [2.05, 4.69) is 21.4 Å². The van der Waals surface area contributed by atoms with Gasteiger partial charge in [-0.25, -0.2) is 4.98 Å². The van der Waals surface area contributed by atoms with Crippen LogP contribution in [0.3, 0.4) is 0 Å². The molecule has 4 rings (SSSR count). The lowest BCUT2D eigenvalue weighted by molar-refractivity contribution is 0.0997. The molecule has 7 nitrogen and oxygen atoms in total. The number of aromatic nitrogens is 3. The molecule has 0 aliphatic rings. The lowest BCUT2D eigenvalue weighted by Crippen LogP contribution is -2.12. The van der Waals surface area contributed by atoms with Crippen LogP contribution in [0.2, 0.25) is 0 Å². The van der Waals surface area contributed by atoms with Gasteiger partial charge in [0.25, 0.3) is 5.91 Å². The van der Waals surface area contributed by atoms with Gasteiger partial charge in [0.15, 0.2) is 0 Å². The van der Waals surface area contributed by atoms with Crippen molar-refractivity contribution in [2.24, 2.45) is 5.73 Å². The zero-order valence-electron chi connectivity index (χ0n) is 15.5. The summed E-state index contributed by atoms with van der Waals surface area (Å²) in [6, 6.07) is 11.4. The standard InChI is InChI=1S/C21H19N5O2/c1-13-7-14(9-15(8-13)26-6-5-23-12-26)25-18-3-4-24-19-11-20(28-2)17(21(22)27)10-16(18)19/h3-12H,1-2H3,(H2,22,27)(H,24,25). The molecule has 1 amide bonds. The molecular formula is C21H19N5O2. The number of pyridine rings is 1. The number of ether oxygens (including phenoxy) is 1. The van der Waals surface area contributed by atoms with Crippen molar-refractivity contribution in [1.82, 2.24) is 14.5 Å². The molecule has 0 saturated heterocycles. The van der Waals surface area contributed by atoms with Crippen molar-refractivity contribution in [2.75, 3.05) is 12.4 Å². The van der Waals surface area contributed by atoms with Crippen LogP contribution in [0.1, 0.15) is 15.9 Å². The number of aryl methyl sites for hydroxylation is 1. The first kappa shape index (κ1) is 17.5. The SMILES string of the molecule is COc1cc2nccc(Nc3cc(C)cc(-n4ccnc4)c3)c2cc1C(N)=O. The Kier molecular flexibility index (Phi) is 4.41. The fourth-order valence-corrected chi connectivity index (χ4v) is 3.20.